The molecular formula is C16H25ClN2OS. The summed E-state index contributed by atoms with van der Waals surface area (Å²) in [7, 11) is 0. The van der Waals surface area contributed by atoms with Gasteiger partial charge in [-0.25, -0.2) is 0 Å². The van der Waals surface area contributed by atoms with Crippen LogP contribution in [0.25, 0.3) is 0 Å². The van der Waals surface area contributed by atoms with E-state index < -0.39 is 0 Å². The molecule has 1 aliphatic heterocycles. The molecule has 118 valence electrons. The van der Waals surface area contributed by atoms with Crippen LogP contribution >= 0.6 is 23.7 Å². The molecular weight excluding hydrogens is 304 g/mol. The first kappa shape index (κ1) is 16.8. The number of carbonyl (C=O) groups is 1. The zero-order valence-electron chi connectivity index (χ0n) is 12.6. The molecule has 0 bridgehead atoms. The molecule has 5 heteroatoms. The number of halogens is 1. The highest BCUT2D eigenvalue weighted by Crippen LogP contribution is 2.32. The molecule has 3 nitrogen and oxygen atoms in total. The van der Waals surface area contributed by atoms with Gasteiger partial charge in [0.15, 0.2) is 0 Å². The molecule has 2 aliphatic rings. The zero-order valence-corrected chi connectivity index (χ0v) is 14.2. The van der Waals surface area contributed by atoms with E-state index in [4.69, 9.17) is 0 Å². The highest BCUT2D eigenvalue weighted by atomic mass is 35.5. The number of fused-ring (bicyclic) bond motifs is 1. The molecule has 2 unspecified atom stereocenters. The molecule has 2 heterocycles. The molecule has 2 atom stereocenters. The number of carbonyl (C=O) groups excluding carboxylic acids is 1. The molecule has 0 aromatic carbocycles. The summed E-state index contributed by atoms with van der Waals surface area (Å²) >= 11 is 1.70. The van der Waals surface area contributed by atoms with Crippen molar-refractivity contribution in [2.24, 2.45) is 11.8 Å². The van der Waals surface area contributed by atoms with Crippen LogP contribution < -0.4 is 10.6 Å². The number of aryl methyl sites for hydroxylation is 1. The van der Waals surface area contributed by atoms with Gasteiger partial charge in [0.1, 0.15) is 0 Å². The lowest BCUT2D eigenvalue weighted by Gasteiger charge is -2.16. The minimum Gasteiger partial charge on any atom is -0.351 e. The Morgan fingerprint density at radius 2 is 2.33 bits per heavy atom. The van der Waals surface area contributed by atoms with Crippen molar-refractivity contribution in [3.8, 4) is 0 Å². The van der Waals surface area contributed by atoms with Crippen molar-refractivity contribution in [3.05, 3.63) is 21.4 Å². The molecule has 21 heavy (non-hydrogen) atoms. The van der Waals surface area contributed by atoms with Gasteiger partial charge in [-0.15, -0.1) is 23.7 Å². The average molecular weight is 329 g/mol. The maximum atomic E-state index is 12.2. The largest absolute Gasteiger partial charge is 0.351 e. The number of nitrogens with one attached hydrogen (secondary N) is 2. The zero-order chi connectivity index (χ0) is 13.9. The van der Waals surface area contributed by atoms with E-state index in [1.807, 2.05) is 0 Å². The molecule has 1 aromatic heterocycles. The number of amides is 1. The summed E-state index contributed by atoms with van der Waals surface area (Å²) in [6.07, 6.45) is 5.92. The molecule has 1 amide bonds. The van der Waals surface area contributed by atoms with Crippen LogP contribution in [0.3, 0.4) is 0 Å². The topological polar surface area (TPSA) is 41.1 Å². The molecule has 1 aliphatic carbocycles. The summed E-state index contributed by atoms with van der Waals surface area (Å²) in [5.41, 5.74) is 1.42. The second-order valence-electron chi connectivity index (χ2n) is 6.31. The van der Waals surface area contributed by atoms with Crippen LogP contribution in [0.2, 0.25) is 0 Å². The van der Waals surface area contributed by atoms with Crippen molar-refractivity contribution in [3.63, 3.8) is 0 Å². The van der Waals surface area contributed by atoms with E-state index in [0.717, 1.165) is 55.6 Å². The van der Waals surface area contributed by atoms with Crippen molar-refractivity contribution in [2.45, 2.75) is 39.0 Å². The van der Waals surface area contributed by atoms with Crippen molar-refractivity contribution in [1.82, 2.24) is 10.6 Å². The van der Waals surface area contributed by atoms with E-state index in [1.165, 1.54) is 23.3 Å². The van der Waals surface area contributed by atoms with Crippen LogP contribution in [0.4, 0.5) is 0 Å². The maximum Gasteiger partial charge on any atom is 0.261 e. The minimum absolute atomic E-state index is 0. The summed E-state index contributed by atoms with van der Waals surface area (Å²) in [4.78, 5) is 14.6. The Morgan fingerprint density at radius 1 is 1.48 bits per heavy atom. The van der Waals surface area contributed by atoms with Gasteiger partial charge in [0.25, 0.3) is 5.91 Å². The Kier molecular flexibility index (Phi) is 6.08. The Morgan fingerprint density at radius 3 is 3.10 bits per heavy atom. The van der Waals surface area contributed by atoms with Crippen LogP contribution in [0, 0.1) is 11.8 Å². The SMILES string of the molecule is CC1CCc2sc(C(=O)NCCC3CCNC3)cc2C1.Cl. The highest BCUT2D eigenvalue weighted by Gasteiger charge is 2.21. The van der Waals surface area contributed by atoms with Crippen LogP contribution in [-0.2, 0) is 12.8 Å². The Labute approximate surface area is 137 Å². The van der Waals surface area contributed by atoms with Crippen molar-refractivity contribution in [2.75, 3.05) is 19.6 Å². The summed E-state index contributed by atoms with van der Waals surface area (Å²) in [6, 6.07) is 2.13. The molecule has 0 saturated carbocycles. The standard InChI is InChI=1S/C16H24N2OS.ClH/c1-11-2-3-14-13(8-11)9-15(20-14)16(19)18-7-5-12-4-6-17-10-12;/h9,11-12,17H,2-8,10H2,1H3,(H,18,19);1H. The Balaban J connectivity index is 0.00000161. The van der Waals surface area contributed by atoms with Gasteiger partial charge < -0.3 is 10.6 Å². The lowest BCUT2D eigenvalue weighted by atomic mass is 9.90. The van der Waals surface area contributed by atoms with Gasteiger partial charge in [0.05, 0.1) is 4.88 Å². The predicted octanol–water partition coefficient (Wildman–Crippen LogP) is 3.02. The lowest BCUT2D eigenvalue weighted by molar-refractivity contribution is 0.0955. The third-order valence-corrected chi connectivity index (χ3v) is 5.79. The van der Waals surface area contributed by atoms with Crippen LogP contribution in [-0.4, -0.2) is 25.5 Å². The van der Waals surface area contributed by atoms with Gasteiger partial charge in [0, 0.05) is 11.4 Å². The fraction of sp³-hybridized carbons (Fsp3) is 0.688. The van der Waals surface area contributed by atoms with Gasteiger partial charge in [-0.3, -0.25) is 4.79 Å². The first-order valence-electron chi connectivity index (χ1n) is 7.83. The van der Waals surface area contributed by atoms with Gasteiger partial charge in [0.2, 0.25) is 0 Å². The summed E-state index contributed by atoms with van der Waals surface area (Å²) in [5.74, 6) is 1.64. The summed E-state index contributed by atoms with van der Waals surface area (Å²) in [5, 5.41) is 6.46. The third kappa shape index (κ3) is 4.21. The molecule has 1 aromatic rings. The molecule has 3 rings (SSSR count). The predicted molar refractivity (Wildman–Crippen MR) is 90.7 cm³/mol. The van der Waals surface area contributed by atoms with Crippen molar-refractivity contribution >= 4 is 29.7 Å². The van der Waals surface area contributed by atoms with Gasteiger partial charge >= 0.3 is 0 Å². The van der Waals surface area contributed by atoms with E-state index in [-0.39, 0.29) is 18.3 Å². The van der Waals surface area contributed by atoms with Crippen molar-refractivity contribution < 1.29 is 4.79 Å². The number of rotatable bonds is 4. The first-order valence-corrected chi connectivity index (χ1v) is 8.64. The number of hydrogen-bond donors (Lipinski definition) is 2. The van der Waals surface area contributed by atoms with Gasteiger partial charge in [-0.1, -0.05) is 6.92 Å². The lowest BCUT2D eigenvalue weighted by Crippen LogP contribution is -2.25. The van der Waals surface area contributed by atoms with Crippen LogP contribution in [0.1, 0.15) is 46.3 Å². The third-order valence-electron chi connectivity index (χ3n) is 4.55. The van der Waals surface area contributed by atoms with E-state index in [1.54, 1.807) is 11.3 Å². The van der Waals surface area contributed by atoms with E-state index >= 15 is 0 Å². The maximum absolute atomic E-state index is 12.2. The quantitative estimate of drug-likeness (QED) is 0.892. The smallest absolute Gasteiger partial charge is 0.261 e. The highest BCUT2D eigenvalue weighted by molar-refractivity contribution is 7.14. The number of hydrogen-bond acceptors (Lipinski definition) is 3. The van der Waals surface area contributed by atoms with Crippen LogP contribution in [0.15, 0.2) is 6.07 Å². The second kappa shape index (κ2) is 7.61. The molecule has 0 spiro atoms. The van der Waals surface area contributed by atoms with Crippen LogP contribution in [0.5, 0.6) is 0 Å². The number of thiophene rings is 1. The van der Waals surface area contributed by atoms with E-state index in [9.17, 15) is 4.79 Å². The molecule has 1 saturated heterocycles. The van der Waals surface area contributed by atoms with E-state index in [0.29, 0.717) is 0 Å². The molecule has 0 radical (unpaired) electrons. The van der Waals surface area contributed by atoms with E-state index in [2.05, 4.69) is 23.6 Å². The van der Waals surface area contributed by atoms with Gasteiger partial charge in [-0.2, -0.15) is 0 Å². The monoisotopic (exact) mass is 328 g/mol. The Hall–Kier alpha value is -0.580. The molecule has 1 fully saturated rings. The second-order valence-corrected chi connectivity index (χ2v) is 7.45. The Bertz CT molecular complexity index is 483. The average Bonchev–Trinajstić information content (AvgIpc) is 3.06. The first-order chi connectivity index (χ1) is 9.72. The summed E-state index contributed by atoms with van der Waals surface area (Å²) < 4.78 is 0. The van der Waals surface area contributed by atoms with Crippen molar-refractivity contribution in [1.29, 1.82) is 0 Å². The fourth-order valence-corrected chi connectivity index (χ4v) is 4.38. The fourth-order valence-electron chi connectivity index (χ4n) is 3.26. The van der Waals surface area contributed by atoms with Gasteiger partial charge in [-0.05, 0) is 68.7 Å². The molecule has 2 N–H and O–H groups in total. The summed E-state index contributed by atoms with van der Waals surface area (Å²) in [6.45, 7) is 5.36. The normalized spacial score (nSPS) is 24.2. The minimum atomic E-state index is 0.